The maximum atomic E-state index is 10.2. The third-order valence-corrected chi connectivity index (χ3v) is 5.50. The van der Waals surface area contributed by atoms with Gasteiger partial charge >= 0.3 is 0 Å². The van der Waals surface area contributed by atoms with Crippen LogP contribution in [0.5, 0.6) is 5.75 Å². The highest BCUT2D eigenvalue weighted by Crippen LogP contribution is 2.34. The highest BCUT2D eigenvalue weighted by Gasteiger charge is 2.22. The summed E-state index contributed by atoms with van der Waals surface area (Å²) in [5, 5.41) is 27.1. The first-order valence-corrected chi connectivity index (χ1v) is 10.2. The quantitative estimate of drug-likeness (QED) is 0.335. The average Bonchev–Trinajstić information content (AvgIpc) is 3.18. The lowest BCUT2D eigenvalue weighted by molar-refractivity contribution is 0.409. The van der Waals surface area contributed by atoms with Crippen LogP contribution in [0.2, 0.25) is 0 Å². The van der Waals surface area contributed by atoms with Gasteiger partial charge in [0.05, 0.1) is 30.1 Å². The van der Waals surface area contributed by atoms with Crippen molar-refractivity contribution in [2.75, 3.05) is 7.11 Å². The molecular weight excluding hydrogens is 390 g/mol. The average molecular weight is 415 g/mol. The normalized spacial score (nSPS) is 13.3. The van der Waals surface area contributed by atoms with Crippen molar-refractivity contribution in [1.82, 2.24) is 19.6 Å². The van der Waals surface area contributed by atoms with Crippen LogP contribution in [0.4, 0.5) is 0 Å². The van der Waals surface area contributed by atoms with Gasteiger partial charge in [-0.2, -0.15) is 0 Å². The lowest BCUT2D eigenvalue weighted by Crippen LogP contribution is -2.07. The van der Waals surface area contributed by atoms with Crippen LogP contribution in [-0.2, 0) is 0 Å². The first-order chi connectivity index (χ1) is 15.0. The van der Waals surface area contributed by atoms with Crippen molar-refractivity contribution in [2.24, 2.45) is 0 Å². The van der Waals surface area contributed by atoms with E-state index in [-0.39, 0.29) is 17.4 Å². The van der Waals surface area contributed by atoms with Gasteiger partial charge in [-0.15, -0.1) is 10.2 Å². The van der Waals surface area contributed by atoms with Crippen molar-refractivity contribution in [3.63, 3.8) is 0 Å². The molecular formula is C24H25N5O2. The first-order valence-electron chi connectivity index (χ1n) is 10.2. The van der Waals surface area contributed by atoms with E-state index in [1.165, 1.54) is 5.56 Å². The van der Waals surface area contributed by atoms with Gasteiger partial charge < -0.3 is 15.3 Å². The molecule has 2 N–H and O–H groups in total. The van der Waals surface area contributed by atoms with Gasteiger partial charge in [0.1, 0.15) is 11.6 Å². The van der Waals surface area contributed by atoms with E-state index < -0.39 is 0 Å². The lowest BCUT2D eigenvalue weighted by Gasteiger charge is -2.17. The third-order valence-electron chi connectivity index (χ3n) is 5.50. The Kier molecular flexibility index (Phi) is 5.42. The number of fused-ring (bicyclic) bond motifs is 3. The van der Waals surface area contributed by atoms with Gasteiger partial charge in [0.25, 0.3) is 0 Å². The number of methoxy groups -OCH3 is 1. The van der Waals surface area contributed by atoms with E-state index in [0.29, 0.717) is 28.0 Å². The molecule has 4 aromatic rings. The summed E-state index contributed by atoms with van der Waals surface area (Å²) in [4.78, 5) is 4.56. The predicted octanol–water partition coefficient (Wildman–Crippen LogP) is 5.16. The Morgan fingerprint density at radius 1 is 1.16 bits per heavy atom. The van der Waals surface area contributed by atoms with Crippen molar-refractivity contribution in [3.8, 4) is 5.75 Å². The summed E-state index contributed by atoms with van der Waals surface area (Å²) in [6, 6.07) is 14.0. The van der Waals surface area contributed by atoms with Crippen LogP contribution in [0.3, 0.4) is 0 Å². The summed E-state index contributed by atoms with van der Waals surface area (Å²) in [6.45, 7) is 5.34. The van der Waals surface area contributed by atoms with E-state index in [0.717, 1.165) is 17.8 Å². The second-order valence-corrected chi connectivity index (χ2v) is 7.51. The number of allylic oxidation sites excluding steroid dienone is 2. The smallest absolute Gasteiger partial charge is 0.179 e. The van der Waals surface area contributed by atoms with Gasteiger partial charge in [-0.1, -0.05) is 37.3 Å². The number of aliphatic hydroxyl groups excluding tert-OH is 1. The molecule has 0 aliphatic carbocycles. The fraction of sp³-hybridized carbons (Fsp3) is 0.250. The van der Waals surface area contributed by atoms with Crippen molar-refractivity contribution >= 4 is 28.0 Å². The molecule has 7 heteroatoms. The predicted molar refractivity (Wildman–Crippen MR) is 122 cm³/mol. The first kappa shape index (κ1) is 20.5. The maximum Gasteiger partial charge on any atom is 0.179 e. The van der Waals surface area contributed by atoms with Gasteiger partial charge in [0.2, 0.25) is 0 Å². The summed E-state index contributed by atoms with van der Waals surface area (Å²) in [5.74, 6) is 1.52. The number of aromatic nitrogens is 4. The molecule has 0 aliphatic rings. The van der Waals surface area contributed by atoms with E-state index in [9.17, 15) is 5.11 Å². The monoisotopic (exact) mass is 415 g/mol. The van der Waals surface area contributed by atoms with Crippen molar-refractivity contribution in [1.29, 1.82) is 5.41 Å². The second kappa shape index (κ2) is 8.18. The molecule has 1 atom stereocenters. The van der Waals surface area contributed by atoms with E-state index in [1.54, 1.807) is 27.2 Å². The largest absolute Gasteiger partial charge is 0.512 e. The van der Waals surface area contributed by atoms with Crippen LogP contribution in [0.15, 0.2) is 54.4 Å². The van der Waals surface area contributed by atoms with Gasteiger partial charge in [-0.25, -0.2) is 0 Å². The highest BCUT2D eigenvalue weighted by atomic mass is 16.5. The van der Waals surface area contributed by atoms with E-state index in [1.807, 2.05) is 34.7 Å². The Morgan fingerprint density at radius 2 is 1.90 bits per heavy atom. The molecule has 0 radical (unpaired) electrons. The number of nitrogens with one attached hydrogen (secondary N) is 1. The summed E-state index contributed by atoms with van der Waals surface area (Å²) >= 11 is 0. The minimum absolute atomic E-state index is 0.0614. The van der Waals surface area contributed by atoms with Gasteiger partial charge in [-0.3, -0.25) is 9.38 Å². The van der Waals surface area contributed by atoms with Crippen LogP contribution in [0.1, 0.15) is 50.1 Å². The van der Waals surface area contributed by atoms with E-state index >= 15 is 0 Å². The molecule has 1 unspecified atom stereocenters. The van der Waals surface area contributed by atoms with Gasteiger partial charge in [0, 0.05) is 28.8 Å². The van der Waals surface area contributed by atoms with Crippen molar-refractivity contribution < 1.29 is 9.84 Å². The number of rotatable bonds is 6. The molecule has 0 saturated carbocycles. The number of ether oxygens (including phenoxy) is 1. The van der Waals surface area contributed by atoms with Crippen LogP contribution >= 0.6 is 0 Å². The zero-order valence-electron chi connectivity index (χ0n) is 18.0. The molecule has 0 aliphatic heterocycles. The lowest BCUT2D eigenvalue weighted by atomic mass is 9.95. The van der Waals surface area contributed by atoms with Crippen LogP contribution in [0.25, 0.3) is 22.3 Å². The zero-order valence-corrected chi connectivity index (χ0v) is 18.0. The number of benzene rings is 2. The SMILES string of the molecule is CCC(c1ccccc1)c1nnc2cnc3cc(/C(C(C)=N)=C(\C)O)c(OC)cc3n12. The third kappa shape index (κ3) is 3.52. The molecule has 0 saturated heterocycles. The Balaban J connectivity index is 2.01. The molecule has 2 aromatic carbocycles. The fourth-order valence-electron chi connectivity index (χ4n) is 4.12. The maximum absolute atomic E-state index is 10.2. The molecule has 2 aromatic heterocycles. The number of hydrogen-bond donors (Lipinski definition) is 2. The highest BCUT2D eigenvalue weighted by molar-refractivity contribution is 6.22. The topological polar surface area (TPSA) is 96.4 Å². The van der Waals surface area contributed by atoms with E-state index in [2.05, 4.69) is 34.2 Å². The fourth-order valence-corrected chi connectivity index (χ4v) is 4.12. The number of hydrogen-bond acceptors (Lipinski definition) is 6. The molecule has 2 heterocycles. The molecule has 7 nitrogen and oxygen atoms in total. The minimum Gasteiger partial charge on any atom is -0.512 e. The summed E-state index contributed by atoms with van der Waals surface area (Å²) in [7, 11) is 1.58. The molecule has 4 rings (SSSR count). The Morgan fingerprint density at radius 3 is 2.52 bits per heavy atom. The summed E-state index contributed by atoms with van der Waals surface area (Å²) < 4.78 is 7.66. The second-order valence-electron chi connectivity index (χ2n) is 7.51. The molecule has 0 fully saturated rings. The Hall–Kier alpha value is -3.74. The molecule has 0 bridgehead atoms. The molecule has 0 amide bonds. The van der Waals surface area contributed by atoms with Crippen LogP contribution in [-0.4, -0.2) is 37.5 Å². The molecule has 31 heavy (non-hydrogen) atoms. The molecule has 0 spiro atoms. The Labute approximate surface area is 180 Å². The van der Waals surface area contributed by atoms with Crippen LogP contribution < -0.4 is 4.74 Å². The Bertz CT molecular complexity index is 1300. The minimum atomic E-state index is 0.0614. The van der Waals surface area contributed by atoms with Crippen molar-refractivity contribution in [3.05, 3.63) is 71.4 Å². The van der Waals surface area contributed by atoms with Gasteiger partial charge in [0.15, 0.2) is 5.65 Å². The van der Waals surface area contributed by atoms with Crippen molar-refractivity contribution in [2.45, 2.75) is 33.1 Å². The molecule has 158 valence electrons. The number of nitrogens with zero attached hydrogens (tertiary/aromatic N) is 4. The standard InChI is InChI=1S/C24H25N5O2/c1-5-17(16-9-7-6-8-10-16)24-28-27-22-13-26-19-11-18(23(14(2)25)15(3)30)21(31-4)12-20(19)29(22)24/h6-13,17,25,30H,5H2,1-4H3/b23-15+,25-14?. The number of aliphatic hydroxyl groups is 1. The van der Waals surface area contributed by atoms with Crippen LogP contribution in [0, 0.1) is 5.41 Å². The summed E-state index contributed by atoms with van der Waals surface area (Å²) in [6.07, 6.45) is 2.56. The summed E-state index contributed by atoms with van der Waals surface area (Å²) in [5.41, 5.74) is 4.65. The zero-order chi connectivity index (χ0) is 22.1. The van der Waals surface area contributed by atoms with E-state index in [4.69, 9.17) is 10.1 Å². The van der Waals surface area contributed by atoms with Gasteiger partial charge in [-0.05, 0) is 31.9 Å².